The van der Waals surface area contributed by atoms with Crippen molar-refractivity contribution in [3.63, 3.8) is 0 Å². The topological polar surface area (TPSA) is 106 Å². The van der Waals surface area contributed by atoms with Crippen LogP contribution in [0.2, 0.25) is 0 Å². The molecule has 0 radical (unpaired) electrons. The molecule has 296 valence electrons. The molecule has 0 N–H and O–H groups in total. The number of hydrogen-bond donors (Lipinski definition) is 0. The third-order valence-electron chi connectivity index (χ3n) is 10.3. The minimum absolute atomic E-state index is 0.00316. The SMILES string of the molecule is O=C(OCc1ccccc1)c1ccc(N(Cc2ccc(C3CCCC3)cn2)C(=O)[C@]2(OCc3ccccc3)CCN2S(=O)(=O)c2c(F)c(F)c(F)c(F)c2F)cc1. The van der Waals surface area contributed by atoms with E-state index in [9.17, 15) is 26.4 Å². The molecule has 1 saturated carbocycles. The van der Waals surface area contributed by atoms with Crippen LogP contribution in [-0.2, 0) is 44.1 Å². The van der Waals surface area contributed by atoms with Gasteiger partial charge in [0.15, 0.2) is 28.2 Å². The predicted octanol–water partition coefficient (Wildman–Crippen LogP) is 8.33. The summed E-state index contributed by atoms with van der Waals surface area (Å²) in [7, 11) is -5.65. The molecule has 1 aromatic heterocycles. The van der Waals surface area contributed by atoms with Crippen LogP contribution in [0.15, 0.2) is 108 Å². The van der Waals surface area contributed by atoms with Crippen molar-refractivity contribution in [2.75, 3.05) is 11.4 Å². The number of rotatable bonds is 13. The highest BCUT2D eigenvalue weighted by Crippen LogP contribution is 2.43. The van der Waals surface area contributed by atoms with Gasteiger partial charge in [0.2, 0.25) is 11.5 Å². The molecule has 1 atom stereocenters. The zero-order chi connectivity index (χ0) is 40.3. The van der Waals surface area contributed by atoms with Crippen molar-refractivity contribution < 1.29 is 49.4 Å². The fraction of sp³-hybridized carbons (Fsp3) is 0.262. The minimum atomic E-state index is -5.65. The first-order valence-corrected chi connectivity index (χ1v) is 19.6. The van der Waals surface area contributed by atoms with Crippen LogP contribution in [0.1, 0.15) is 70.8 Å². The lowest BCUT2D eigenvalue weighted by Gasteiger charge is -2.50. The summed E-state index contributed by atoms with van der Waals surface area (Å²) in [5.74, 6) is -14.0. The maximum atomic E-state index is 15.1. The molecule has 57 heavy (non-hydrogen) atoms. The van der Waals surface area contributed by atoms with Crippen molar-refractivity contribution in [1.82, 2.24) is 9.29 Å². The van der Waals surface area contributed by atoms with Crippen molar-refractivity contribution >= 4 is 27.6 Å². The number of esters is 1. The van der Waals surface area contributed by atoms with E-state index in [1.54, 1.807) is 66.9 Å². The molecule has 2 heterocycles. The molecule has 4 aromatic carbocycles. The van der Waals surface area contributed by atoms with Gasteiger partial charge in [-0.3, -0.25) is 9.78 Å². The highest BCUT2D eigenvalue weighted by Gasteiger charge is 2.61. The van der Waals surface area contributed by atoms with Crippen molar-refractivity contribution in [2.45, 2.75) is 68.4 Å². The van der Waals surface area contributed by atoms with Gasteiger partial charge in [0.25, 0.3) is 15.9 Å². The van der Waals surface area contributed by atoms with Gasteiger partial charge in [0.05, 0.1) is 24.4 Å². The first kappa shape index (κ1) is 39.7. The van der Waals surface area contributed by atoms with Crippen LogP contribution in [0.3, 0.4) is 0 Å². The molecule has 0 spiro atoms. The van der Waals surface area contributed by atoms with E-state index < -0.39 is 68.2 Å². The molecule has 2 fully saturated rings. The van der Waals surface area contributed by atoms with Gasteiger partial charge in [-0.25, -0.2) is 35.2 Å². The van der Waals surface area contributed by atoms with Crippen molar-refractivity contribution in [1.29, 1.82) is 0 Å². The number of halogens is 5. The average molecular weight is 806 g/mol. The summed E-state index contributed by atoms with van der Waals surface area (Å²) < 4.78 is 113. The number of amides is 1. The lowest BCUT2D eigenvalue weighted by Crippen LogP contribution is -2.70. The monoisotopic (exact) mass is 805 g/mol. The quantitative estimate of drug-likeness (QED) is 0.0510. The van der Waals surface area contributed by atoms with Gasteiger partial charge < -0.3 is 14.4 Å². The Balaban J connectivity index is 1.27. The number of anilines is 1. The highest BCUT2D eigenvalue weighted by atomic mass is 32.2. The largest absolute Gasteiger partial charge is 0.457 e. The van der Waals surface area contributed by atoms with E-state index in [-0.39, 0.29) is 37.4 Å². The summed E-state index contributed by atoms with van der Waals surface area (Å²) in [4.78, 5) is 31.6. The Morgan fingerprint density at radius 3 is 1.88 bits per heavy atom. The van der Waals surface area contributed by atoms with E-state index in [4.69, 9.17) is 9.47 Å². The predicted molar refractivity (Wildman–Crippen MR) is 197 cm³/mol. The van der Waals surface area contributed by atoms with Crippen molar-refractivity contribution in [2.24, 2.45) is 0 Å². The first-order chi connectivity index (χ1) is 27.4. The second-order valence-electron chi connectivity index (χ2n) is 13.8. The second-order valence-corrected chi connectivity index (χ2v) is 15.6. The molecular formula is C42H36F5N3O6S. The molecule has 1 saturated heterocycles. The maximum absolute atomic E-state index is 15.1. The molecule has 7 rings (SSSR count). The normalized spacial score (nSPS) is 17.3. The molecule has 1 aliphatic heterocycles. The van der Waals surface area contributed by atoms with E-state index >= 15 is 13.6 Å². The van der Waals surface area contributed by atoms with Crippen LogP contribution in [0.4, 0.5) is 27.6 Å². The van der Waals surface area contributed by atoms with Crippen LogP contribution in [-0.4, -0.2) is 41.9 Å². The van der Waals surface area contributed by atoms with Gasteiger partial charge in [0.1, 0.15) is 6.61 Å². The Morgan fingerprint density at radius 1 is 0.754 bits per heavy atom. The van der Waals surface area contributed by atoms with E-state index in [0.717, 1.165) is 41.7 Å². The molecule has 1 aliphatic carbocycles. The van der Waals surface area contributed by atoms with Crippen molar-refractivity contribution in [3.8, 4) is 0 Å². The van der Waals surface area contributed by atoms with Gasteiger partial charge >= 0.3 is 5.97 Å². The minimum Gasteiger partial charge on any atom is -0.457 e. The lowest BCUT2D eigenvalue weighted by atomic mass is 9.98. The summed E-state index contributed by atoms with van der Waals surface area (Å²) in [6, 6.07) is 26.6. The number of carbonyl (C=O) groups excluding carboxylic acids is 2. The van der Waals surface area contributed by atoms with Gasteiger partial charge in [-0.2, -0.15) is 4.31 Å². The number of nitrogens with zero attached hydrogens (tertiary/aromatic N) is 3. The zero-order valence-electron chi connectivity index (χ0n) is 30.3. The van der Waals surface area contributed by atoms with Crippen LogP contribution in [0.5, 0.6) is 0 Å². The second kappa shape index (κ2) is 16.5. The summed E-state index contributed by atoms with van der Waals surface area (Å²) in [5.41, 5.74) is 0.389. The standard InChI is InChI=1S/C42H36F5N3O6S/c43-34-35(44)37(46)39(38(47)36(34)45)57(53,54)50-22-21-42(50,56-26-28-11-5-2-6-12-28)41(52)49(24-32-18-15-31(23-48-32)29-13-7-8-14-29)33-19-16-30(17-20-33)40(51)55-25-27-9-3-1-4-10-27/h1-6,9-12,15-20,23,29H,7-8,13-14,21-22,24-26H2/t42-/m1/s1. The lowest BCUT2D eigenvalue weighted by molar-refractivity contribution is -0.194. The first-order valence-electron chi connectivity index (χ1n) is 18.2. The number of sulfonamides is 1. The average Bonchev–Trinajstić information content (AvgIpc) is 3.76. The molecule has 2 aliphatic rings. The molecule has 1 amide bonds. The third-order valence-corrected chi connectivity index (χ3v) is 12.2. The smallest absolute Gasteiger partial charge is 0.338 e. The number of ether oxygens (including phenoxy) is 2. The third kappa shape index (κ3) is 7.91. The summed E-state index contributed by atoms with van der Waals surface area (Å²) >= 11 is 0. The summed E-state index contributed by atoms with van der Waals surface area (Å²) in [6.07, 6.45) is 5.58. The van der Waals surface area contributed by atoms with Crippen LogP contribution in [0, 0.1) is 29.1 Å². The summed E-state index contributed by atoms with van der Waals surface area (Å²) in [6.45, 7) is -1.22. The molecule has 0 bridgehead atoms. The Kier molecular flexibility index (Phi) is 11.5. The molecule has 0 unspecified atom stereocenters. The van der Waals surface area contributed by atoms with Gasteiger partial charge in [-0.1, -0.05) is 79.6 Å². The Labute approximate surface area is 325 Å². The van der Waals surface area contributed by atoms with E-state index in [0.29, 0.717) is 21.5 Å². The van der Waals surface area contributed by atoms with Crippen molar-refractivity contribution in [3.05, 3.63) is 160 Å². The highest BCUT2D eigenvalue weighted by molar-refractivity contribution is 7.89. The number of benzene rings is 4. The molecule has 15 heteroatoms. The Hall–Kier alpha value is -5.51. The van der Waals surface area contributed by atoms with Gasteiger partial charge in [-0.15, -0.1) is 0 Å². The number of aromatic nitrogens is 1. The van der Waals surface area contributed by atoms with E-state index in [1.807, 2.05) is 12.1 Å². The van der Waals surface area contributed by atoms with E-state index in [2.05, 4.69) is 4.98 Å². The Morgan fingerprint density at radius 2 is 1.33 bits per heavy atom. The van der Waals surface area contributed by atoms with Gasteiger partial charge in [-0.05, 0) is 65.8 Å². The fourth-order valence-electron chi connectivity index (χ4n) is 7.11. The zero-order valence-corrected chi connectivity index (χ0v) is 31.2. The van der Waals surface area contributed by atoms with Crippen LogP contribution >= 0.6 is 0 Å². The Bertz CT molecular complexity index is 2340. The molecule has 9 nitrogen and oxygen atoms in total. The number of pyridine rings is 1. The van der Waals surface area contributed by atoms with Crippen LogP contribution < -0.4 is 4.90 Å². The number of carbonyl (C=O) groups is 2. The number of hydrogen-bond acceptors (Lipinski definition) is 7. The van der Waals surface area contributed by atoms with Crippen LogP contribution in [0.25, 0.3) is 0 Å². The van der Waals surface area contributed by atoms with Gasteiger partial charge in [0, 0.05) is 24.8 Å². The fourth-order valence-corrected chi connectivity index (χ4v) is 8.90. The molecular weight excluding hydrogens is 770 g/mol. The van der Waals surface area contributed by atoms with E-state index in [1.165, 1.54) is 24.3 Å². The summed E-state index contributed by atoms with van der Waals surface area (Å²) in [5, 5.41) is 0. The molecule has 5 aromatic rings. The maximum Gasteiger partial charge on any atom is 0.338 e.